The van der Waals surface area contributed by atoms with Gasteiger partial charge in [-0.15, -0.1) is 0 Å². The summed E-state index contributed by atoms with van der Waals surface area (Å²) in [4.78, 5) is 22.2. The summed E-state index contributed by atoms with van der Waals surface area (Å²) in [6, 6.07) is 0. The molecule has 4 nitrogen and oxygen atoms in total. The molecule has 9 heteroatoms. The predicted octanol–water partition coefficient (Wildman–Crippen LogP) is 1.41. The van der Waals surface area contributed by atoms with Crippen LogP contribution in [0.15, 0.2) is 0 Å². The van der Waals surface area contributed by atoms with Crippen molar-refractivity contribution in [3.8, 4) is 0 Å². The first kappa shape index (κ1) is 17.6. The molecule has 0 radical (unpaired) electrons. The number of halogens is 5. The van der Waals surface area contributed by atoms with E-state index in [1.165, 1.54) is 0 Å². The van der Waals surface area contributed by atoms with Crippen LogP contribution in [0.4, 0.5) is 22.0 Å². The van der Waals surface area contributed by atoms with Crippen LogP contribution in [0.25, 0.3) is 0 Å². The number of hydrogen-bond donors (Lipinski definition) is 1. The Morgan fingerprint density at radius 2 is 1.63 bits per heavy atom. The van der Waals surface area contributed by atoms with Gasteiger partial charge in [0.1, 0.15) is 0 Å². The third-order valence-corrected chi connectivity index (χ3v) is 2.06. The van der Waals surface area contributed by atoms with E-state index in [-0.39, 0.29) is 17.4 Å². The Morgan fingerprint density at radius 3 is 2.00 bits per heavy atom. The van der Waals surface area contributed by atoms with Gasteiger partial charge >= 0.3 is 18.0 Å². The van der Waals surface area contributed by atoms with E-state index in [1.54, 1.807) is 13.8 Å². The first-order valence-electron chi connectivity index (χ1n) is 5.36. The van der Waals surface area contributed by atoms with Crippen LogP contribution in [0.2, 0.25) is 0 Å². The number of rotatable bonds is 5. The van der Waals surface area contributed by atoms with E-state index in [9.17, 15) is 31.5 Å². The maximum absolute atomic E-state index is 12.7. The molecule has 19 heavy (non-hydrogen) atoms. The van der Waals surface area contributed by atoms with Gasteiger partial charge in [-0.05, 0) is 5.92 Å². The lowest BCUT2D eigenvalue weighted by molar-refractivity contribution is -0.273. The number of hydrogen-bond acceptors (Lipinski definition) is 2. The van der Waals surface area contributed by atoms with Crippen LogP contribution >= 0.6 is 0 Å². The van der Waals surface area contributed by atoms with Crippen LogP contribution in [-0.2, 0) is 9.59 Å². The zero-order chi connectivity index (χ0) is 15.4. The normalized spacial score (nSPS) is 12.5. The van der Waals surface area contributed by atoms with E-state index in [0.717, 1.165) is 0 Å². The van der Waals surface area contributed by atoms with E-state index in [2.05, 4.69) is 5.32 Å². The molecule has 0 aliphatic carbocycles. The topological polar surface area (TPSA) is 49.4 Å². The van der Waals surface area contributed by atoms with Crippen molar-refractivity contribution < 1.29 is 31.5 Å². The molecule has 0 bridgehead atoms. The van der Waals surface area contributed by atoms with E-state index < -0.39 is 30.5 Å². The van der Waals surface area contributed by atoms with Crippen molar-refractivity contribution in [1.29, 1.82) is 0 Å². The number of nitrogens with zero attached hydrogens (tertiary/aromatic N) is 1. The van der Waals surface area contributed by atoms with Crippen LogP contribution in [0, 0.1) is 5.92 Å². The van der Waals surface area contributed by atoms with E-state index in [4.69, 9.17) is 0 Å². The Balaban J connectivity index is 4.55. The molecular weight excluding hydrogens is 275 g/mol. The average Bonchev–Trinajstić information content (AvgIpc) is 2.23. The van der Waals surface area contributed by atoms with Gasteiger partial charge in [-0.2, -0.15) is 22.0 Å². The SMILES string of the molecule is CC(C)CNC(=O)CN(C)C(=O)C(F)(F)C(F)(F)F. The highest BCUT2D eigenvalue weighted by molar-refractivity contribution is 5.88. The van der Waals surface area contributed by atoms with Crippen molar-refractivity contribution in [2.45, 2.75) is 25.9 Å². The third kappa shape index (κ3) is 4.99. The van der Waals surface area contributed by atoms with Crippen molar-refractivity contribution in [2.24, 2.45) is 5.92 Å². The summed E-state index contributed by atoms with van der Waals surface area (Å²) in [6.45, 7) is 2.91. The molecule has 0 unspecified atom stereocenters. The average molecular weight is 290 g/mol. The highest BCUT2D eigenvalue weighted by Crippen LogP contribution is 2.36. The Morgan fingerprint density at radius 1 is 1.16 bits per heavy atom. The molecule has 0 saturated carbocycles. The molecule has 112 valence electrons. The van der Waals surface area contributed by atoms with Gasteiger partial charge < -0.3 is 10.2 Å². The molecular formula is C10H15F5N2O2. The second-order valence-electron chi connectivity index (χ2n) is 4.43. The number of nitrogens with one attached hydrogen (secondary N) is 1. The first-order valence-corrected chi connectivity index (χ1v) is 5.36. The van der Waals surface area contributed by atoms with Crippen LogP contribution in [0.5, 0.6) is 0 Å². The van der Waals surface area contributed by atoms with E-state index >= 15 is 0 Å². The Bertz CT molecular complexity index is 341. The van der Waals surface area contributed by atoms with Crippen molar-refractivity contribution in [2.75, 3.05) is 20.1 Å². The van der Waals surface area contributed by atoms with Crippen LogP contribution < -0.4 is 5.32 Å². The zero-order valence-corrected chi connectivity index (χ0v) is 10.6. The maximum atomic E-state index is 12.7. The first-order chi connectivity index (χ1) is 8.39. The number of carbonyl (C=O) groups excluding carboxylic acids is 2. The molecule has 0 aromatic carbocycles. The number of amides is 2. The summed E-state index contributed by atoms with van der Waals surface area (Å²) in [5.41, 5.74) is 0. The minimum absolute atomic E-state index is 0.0448. The fourth-order valence-electron chi connectivity index (χ4n) is 1.02. The fraction of sp³-hybridized carbons (Fsp3) is 0.800. The smallest absolute Gasteiger partial charge is 0.354 e. The Hall–Kier alpha value is -1.41. The summed E-state index contributed by atoms with van der Waals surface area (Å²) in [6.07, 6.45) is -5.98. The maximum Gasteiger partial charge on any atom is 0.463 e. The monoisotopic (exact) mass is 290 g/mol. The van der Waals surface area contributed by atoms with Crippen molar-refractivity contribution in [3.63, 3.8) is 0 Å². The molecule has 0 saturated heterocycles. The van der Waals surface area contributed by atoms with Crippen molar-refractivity contribution in [1.82, 2.24) is 10.2 Å². The largest absolute Gasteiger partial charge is 0.463 e. The molecule has 0 aliphatic heterocycles. The van der Waals surface area contributed by atoms with Crippen LogP contribution in [0.1, 0.15) is 13.8 Å². The lowest BCUT2D eigenvalue weighted by Crippen LogP contribution is -2.53. The molecule has 0 aliphatic rings. The van der Waals surface area contributed by atoms with Crippen molar-refractivity contribution >= 4 is 11.8 Å². The zero-order valence-electron chi connectivity index (χ0n) is 10.6. The summed E-state index contributed by atoms with van der Waals surface area (Å²) in [5.74, 6) is -8.68. The van der Waals surface area contributed by atoms with Gasteiger partial charge in [0.2, 0.25) is 5.91 Å². The molecule has 1 N–H and O–H groups in total. The lowest BCUT2D eigenvalue weighted by Gasteiger charge is -2.24. The summed E-state index contributed by atoms with van der Waals surface area (Å²) >= 11 is 0. The van der Waals surface area contributed by atoms with E-state index in [0.29, 0.717) is 7.05 Å². The quantitative estimate of drug-likeness (QED) is 0.778. The van der Waals surface area contributed by atoms with Gasteiger partial charge in [0, 0.05) is 13.6 Å². The summed E-state index contributed by atoms with van der Waals surface area (Å²) in [7, 11) is 0.705. The van der Waals surface area contributed by atoms with E-state index in [1.807, 2.05) is 0 Å². The summed E-state index contributed by atoms with van der Waals surface area (Å²) < 4.78 is 61.2. The molecule has 0 heterocycles. The third-order valence-electron chi connectivity index (χ3n) is 2.06. The molecule has 0 aromatic rings. The highest BCUT2D eigenvalue weighted by atomic mass is 19.4. The van der Waals surface area contributed by atoms with Gasteiger partial charge in [-0.1, -0.05) is 13.8 Å². The standard InChI is InChI=1S/C10H15F5N2O2/c1-6(2)4-16-7(18)5-17(3)8(19)9(11,12)10(13,14)15/h6H,4-5H2,1-3H3,(H,16,18). The van der Waals surface area contributed by atoms with Gasteiger partial charge in [-0.25, -0.2) is 0 Å². The second-order valence-corrected chi connectivity index (χ2v) is 4.43. The van der Waals surface area contributed by atoms with Gasteiger partial charge in [0.15, 0.2) is 0 Å². The van der Waals surface area contributed by atoms with Gasteiger partial charge in [-0.3, -0.25) is 9.59 Å². The van der Waals surface area contributed by atoms with Crippen molar-refractivity contribution in [3.05, 3.63) is 0 Å². The Kier molecular flexibility index (Phi) is 5.70. The second kappa shape index (κ2) is 6.16. The molecule has 0 spiro atoms. The minimum atomic E-state index is -5.98. The molecule has 0 aromatic heterocycles. The highest BCUT2D eigenvalue weighted by Gasteiger charge is 2.64. The molecule has 0 rings (SSSR count). The van der Waals surface area contributed by atoms with Crippen LogP contribution in [-0.4, -0.2) is 49.0 Å². The molecule has 0 fully saturated rings. The predicted molar refractivity (Wildman–Crippen MR) is 56.5 cm³/mol. The summed E-state index contributed by atoms with van der Waals surface area (Å²) in [5, 5.41) is 2.30. The number of alkyl halides is 5. The van der Waals surface area contributed by atoms with Gasteiger partial charge in [0.05, 0.1) is 6.54 Å². The lowest BCUT2D eigenvalue weighted by atomic mass is 10.2. The molecule has 2 amide bonds. The Labute approximate surface area is 106 Å². The number of likely N-dealkylation sites (N-methyl/N-ethyl adjacent to an activating group) is 1. The van der Waals surface area contributed by atoms with Crippen LogP contribution in [0.3, 0.4) is 0 Å². The minimum Gasteiger partial charge on any atom is -0.354 e. The number of carbonyl (C=O) groups is 2. The van der Waals surface area contributed by atoms with Gasteiger partial charge in [0.25, 0.3) is 0 Å². The molecule has 0 atom stereocenters. The fourth-order valence-corrected chi connectivity index (χ4v) is 1.02.